The highest BCUT2D eigenvalue weighted by molar-refractivity contribution is 8.00. The van der Waals surface area contributed by atoms with Gasteiger partial charge in [0.05, 0.1) is 13.2 Å². The molecule has 0 amide bonds. The van der Waals surface area contributed by atoms with Crippen molar-refractivity contribution in [3.8, 4) is 0 Å². The lowest BCUT2D eigenvalue weighted by molar-refractivity contribution is 0.167. The van der Waals surface area contributed by atoms with Crippen LogP contribution in [0.25, 0.3) is 0 Å². The molecule has 0 fully saturated rings. The predicted molar refractivity (Wildman–Crippen MR) is 68.0 cm³/mol. The quantitative estimate of drug-likeness (QED) is 0.767. The molecular weight excluding hydrogens is 246 g/mol. The van der Waals surface area contributed by atoms with Gasteiger partial charge in [-0.1, -0.05) is 17.7 Å². The number of hydrogen-bond donors (Lipinski definition) is 2. The van der Waals surface area contributed by atoms with Crippen molar-refractivity contribution in [1.82, 2.24) is 0 Å². The second-order valence-electron chi connectivity index (χ2n) is 3.42. The summed E-state index contributed by atoms with van der Waals surface area (Å²) in [5.41, 5.74) is 5.89. The van der Waals surface area contributed by atoms with E-state index in [1.807, 2.05) is 24.3 Å². The summed E-state index contributed by atoms with van der Waals surface area (Å²) in [7, 11) is 1.60. The van der Waals surface area contributed by atoms with Gasteiger partial charge in [0.25, 0.3) is 0 Å². The smallest absolute Gasteiger partial charge is 0.0625 e. The lowest BCUT2D eigenvalue weighted by Crippen LogP contribution is -2.38. The van der Waals surface area contributed by atoms with Crippen LogP contribution in [-0.2, 0) is 4.74 Å². The molecule has 0 bridgehead atoms. The van der Waals surface area contributed by atoms with Crippen LogP contribution in [0.2, 0.25) is 5.02 Å². The largest absolute Gasteiger partial charge is 0.395 e. The van der Waals surface area contributed by atoms with E-state index >= 15 is 0 Å². The third-order valence-electron chi connectivity index (χ3n) is 2.10. The van der Waals surface area contributed by atoms with Crippen molar-refractivity contribution < 1.29 is 9.84 Å². The number of aliphatic hydroxyl groups is 1. The van der Waals surface area contributed by atoms with Gasteiger partial charge in [0, 0.05) is 28.3 Å². The number of rotatable bonds is 6. The zero-order valence-corrected chi connectivity index (χ0v) is 10.7. The third kappa shape index (κ3) is 4.31. The van der Waals surface area contributed by atoms with Gasteiger partial charge in [0.15, 0.2) is 0 Å². The standard InChI is InChI=1S/C11H16ClNO2S/c1-15-7-10(13)11(6-14)16-9-4-2-3-8(12)5-9/h2-5,10-11,14H,6-7,13H2,1H3. The zero-order valence-electron chi connectivity index (χ0n) is 9.10. The van der Waals surface area contributed by atoms with E-state index < -0.39 is 0 Å². The monoisotopic (exact) mass is 261 g/mol. The van der Waals surface area contributed by atoms with E-state index in [0.717, 1.165) is 4.90 Å². The molecule has 0 heterocycles. The van der Waals surface area contributed by atoms with Crippen molar-refractivity contribution in [3.05, 3.63) is 29.3 Å². The Labute approximate surface area is 105 Å². The molecule has 3 nitrogen and oxygen atoms in total. The minimum atomic E-state index is -0.195. The molecule has 2 unspecified atom stereocenters. The third-order valence-corrected chi connectivity index (χ3v) is 3.66. The fourth-order valence-electron chi connectivity index (χ4n) is 1.27. The van der Waals surface area contributed by atoms with Crippen molar-refractivity contribution in [3.63, 3.8) is 0 Å². The highest BCUT2D eigenvalue weighted by atomic mass is 35.5. The van der Waals surface area contributed by atoms with Crippen LogP contribution in [0.4, 0.5) is 0 Å². The second kappa shape index (κ2) is 7.14. The maximum atomic E-state index is 9.26. The van der Waals surface area contributed by atoms with Gasteiger partial charge in [-0.25, -0.2) is 0 Å². The molecule has 0 aliphatic carbocycles. The Kier molecular flexibility index (Phi) is 6.16. The van der Waals surface area contributed by atoms with Gasteiger partial charge in [-0.3, -0.25) is 0 Å². The zero-order chi connectivity index (χ0) is 12.0. The summed E-state index contributed by atoms with van der Waals surface area (Å²) in [6, 6.07) is 7.29. The molecule has 0 aromatic heterocycles. The van der Waals surface area contributed by atoms with Crippen molar-refractivity contribution >= 4 is 23.4 Å². The fraction of sp³-hybridized carbons (Fsp3) is 0.455. The van der Waals surface area contributed by atoms with Crippen LogP contribution >= 0.6 is 23.4 Å². The molecule has 0 saturated heterocycles. The summed E-state index contributed by atoms with van der Waals surface area (Å²) in [5, 5.41) is 9.86. The summed E-state index contributed by atoms with van der Waals surface area (Å²) < 4.78 is 4.97. The van der Waals surface area contributed by atoms with E-state index in [9.17, 15) is 5.11 Å². The number of halogens is 1. The molecule has 5 heteroatoms. The topological polar surface area (TPSA) is 55.5 Å². The minimum absolute atomic E-state index is 0.0156. The Balaban J connectivity index is 2.62. The predicted octanol–water partition coefficient (Wildman–Crippen LogP) is 1.77. The molecule has 0 saturated carbocycles. The fourth-order valence-corrected chi connectivity index (χ4v) is 2.56. The molecule has 3 N–H and O–H groups in total. The molecule has 1 aromatic carbocycles. The van der Waals surface area contributed by atoms with E-state index in [1.165, 1.54) is 11.8 Å². The first kappa shape index (κ1) is 13.8. The molecule has 0 aliphatic heterocycles. The van der Waals surface area contributed by atoms with Crippen molar-refractivity contribution in [1.29, 1.82) is 0 Å². The van der Waals surface area contributed by atoms with Gasteiger partial charge < -0.3 is 15.6 Å². The van der Waals surface area contributed by atoms with Crippen LogP contribution in [-0.4, -0.2) is 36.7 Å². The van der Waals surface area contributed by atoms with Crippen molar-refractivity contribution in [2.24, 2.45) is 5.73 Å². The van der Waals surface area contributed by atoms with E-state index in [1.54, 1.807) is 7.11 Å². The molecular formula is C11H16ClNO2S. The molecule has 1 rings (SSSR count). The Morgan fingerprint density at radius 3 is 2.88 bits per heavy atom. The number of thioether (sulfide) groups is 1. The molecule has 0 aliphatic rings. The molecule has 0 spiro atoms. The lowest BCUT2D eigenvalue weighted by atomic mass is 10.2. The Morgan fingerprint density at radius 2 is 2.31 bits per heavy atom. The number of methoxy groups -OCH3 is 1. The van der Waals surface area contributed by atoms with Crippen LogP contribution in [0.5, 0.6) is 0 Å². The van der Waals surface area contributed by atoms with Gasteiger partial charge in [-0.2, -0.15) is 0 Å². The number of nitrogens with two attached hydrogens (primary N) is 1. The Bertz CT molecular complexity index is 325. The lowest BCUT2D eigenvalue weighted by Gasteiger charge is -2.20. The average Bonchev–Trinajstić information content (AvgIpc) is 2.26. The van der Waals surface area contributed by atoms with E-state index in [4.69, 9.17) is 22.1 Å². The van der Waals surface area contributed by atoms with E-state index in [2.05, 4.69) is 0 Å². The molecule has 0 radical (unpaired) electrons. The SMILES string of the molecule is COCC(N)C(CO)Sc1cccc(Cl)c1. The number of benzene rings is 1. The summed E-state index contributed by atoms with van der Waals surface area (Å²) >= 11 is 7.39. The van der Waals surface area contributed by atoms with Crippen molar-refractivity contribution in [2.45, 2.75) is 16.2 Å². The van der Waals surface area contributed by atoms with Gasteiger partial charge in [0.1, 0.15) is 0 Å². The van der Waals surface area contributed by atoms with E-state index in [0.29, 0.717) is 11.6 Å². The summed E-state index contributed by atoms with van der Waals surface area (Å²) in [5.74, 6) is 0. The van der Waals surface area contributed by atoms with Crippen molar-refractivity contribution in [2.75, 3.05) is 20.3 Å². The summed E-state index contributed by atoms with van der Waals surface area (Å²) in [6.45, 7) is 0.445. The molecule has 1 aromatic rings. The van der Waals surface area contributed by atoms with Crippen LogP contribution in [0.15, 0.2) is 29.2 Å². The number of hydrogen-bond acceptors (Lipinski definition) is 4. The average molecular weight is 262 g/mol. The Morgan fingerprint density at radius 1 is 1.56 bits per heavy atom. The van der Waals surface area contributed by atoms with Crippen LogP contribution < -0.4 is 5.73 Å². The van der Waals surface area contributed by atoms with E-state index in [-0.39, 0.29) is 17.9 Å². The molecule has 16 heavy (non-hydrogen) atoms. The first-order chi connectivity index (χ1) is 7.67. The highest BCUT2D eigenvalue weighted by Crippen LogP contribution is 2.26. The van der Waals surface area contributed by atoms with Gasteiger partial charge >= 0.3 is 0 Å². The second-order valence-corrected chi connectivity index (χ2v) is 5.16. The van der Waals surface area contributed by atoms with Gasteiger partial charge in [0.2, 0.25) is 0 Å². The number of aliphatic hydroxyl groups excluding tert-OH is 1. The first-order valence-electron chi connectivity index (χ1n) is 4.95. The van der Waals surface area contributed by atoms with Gasteiger partial charge in [-0.15, -0.1) is 11.8 Å². The first-order valence-corrected chi connectivity index (χ1v) is 6.20. The maximum Gasteiger partial charge on any atom is 0.0625 e. The molecule has 90 valence electrons. The summed E-state index contributed by atoms with van der Waals surface area (Å²) in [4.78, 5) is 0.998. The van der Waals surface area contributed by atoms with Crippen LogP contribution in [0.1, 0.15) is 0 Å². The van der Waals surface area contributed by atoms with Crippen LogP contribution in [0.3, 0.4) is 0 Å². The number of ether oxygens (including phenoxy) is 1. The summed E-state index contributed by atoms with van der Waals surface area (Å²) in [6.07, 6.45) is 0. The Hall–Kier alpha value is -0.260. The minimum Gasteiger partial charge on any atom is -0.395 e. The molecule has 2 atom stereocenters. The van der Waals surface area contributed by atoms with Crippen LogP contribution in [0, 0.1) is 0 Å². The maximum absolute atomic E-state index is 9.26. The normalized spacial score (nSPS) is 14.8. The van der Waals surface area contributed by atoms with Gasteiger partial charge in [-0.05, 0) is 18.2 Å². The highest BCUT2D eigenvalue weighted by Gasteiger charge is 2.18.